The van der Waals surface area contributed by atoms with Crippen LogP contribution in [0.25, 0.3) is 0 Å². The summed E-state index contributed by atoms with van der Waals surface area (Å²) < 4.78 is 0. The van der Waals surface area contributed by atoms with Gasteiger partial charge in [-0.25, -0.2) is 0 Å². The summed E-state index contributed by atoms with van der Waals surface area (Å²) in [6.45, 7) is 14.2. The summed E-state index contributed by atoms with van der Waals surface area (Å²) in [5.41, 5.74) is 0.550. The van der Waals surface area contributed by atoms with Crippen LogP contribution in [0.15, 0.2) is 0 Å². The summed E-state index contributed by atoms with van der Waals surface area (Å²) in [6.07, 6.45) is 2.95. The van der Waals surface area contributed by atoms with Gasteiger partial charge in [0.15, 0.2) is 0 Å². The van der Waals surface area contributed by atoms with E-state index in [1.54, 1.807) is 0 Å². The van der Waals surface area contributed by atoms with E-state index in [0.29, 0.717) is 10.7 Å². The lowest BCUT2D eigenvalue weighted by Gasteiger charge is -2.45. The van der Waals surface area contributed by atoms with Gasteiger partial charge in [-0.2, -0.15) is 0 Å². The van der Waals surface area contributed by atoms with Gasteiger partial charge in [0.05, 0.1) is 0 Å². The van der Waals surface area contributed by atoms with Gasteiger partial charge >= 0.3 is 0 Å². The molecular weight excluding hydrogens is 155 g/mol. The topological polar surface area (TPSA) is 0 Å². The standard InChI is InChI=1S/C12H25B/c1-11(2,3)9-7-10(8-9)13-12(4,5)6/h9-10,13H,7-8H2,1-6H3. The lowest BCUT2D eigenvalue weighted by atomic mass is 9.40. The van der Waals surface area contributed by atoms with Crippen LogP contribution in [0.5, 0.6) is 0 Å². The monoisotopic (exact) mass is 180 g/mol. The minimum Gasteiger partial charge on any atom is -0.0671 e. The Hall–Kier alpha value is 0.0649. The highest BCUT2D eigenvalue weighted by Gasteiger charge is 2.38. The van der Waals surface area contributed by atoms with Crippen LogP contribution in [0.1, 0.15) is 54.4 Å². The van der Waals surface area contributed by atoms with Crippen molar-refractivity contribution in [1.82, 2.24) is 0 Å². The van der Waals surface area contributed by atoms with E-state index in [4.69, 9.17) is 0 Å². The second-order valence-electron chi connectivity index (χ2n) is 7.17. The maximum Gasteiger partial charge on any atom is 0.130 e. The third kappa shape index (κ3) is 3.36. The van der Waals surface area contributed by atoms with E-state index in [2.05, 4.69) is 41.5 Å². The lowest BCUT2D eigenvalue weighted by Crippen LogP contribution is -2.35. The Bertz CT molecular complexity index is 165. The maximum atomic E-state index is 2.38. The summed E-state index contributed by atoms with van der Waals surface area (Å²) in [5.74, 6) is 2.00. The van der Waals surface area contributed by atoms with E-state index >= 15 is 0 Å². The molecule has 0 aromatic heterocycles. The van der Waals surface area contributed by atoms with Gasteiger partial charge in [0.25, 0.3) is 0 Å². The largest absolute Gasteiger partial charge is 0.130 e. The fourth-order valence-corrected chi connectivity index (χ4v) is 2.48. The highest BCUT2D eigenvalue weighted by atomic mass is 14.4. The van der Waals surface area contributed by atoms with E-state index in [1.165, 1.54) is 20.1 Å². The van der Waals surface area contributed by atoms with Crippen molar-refractivity contribution >= 4 is 7.28 Å². The summed E-state index contributed by atoms with van der Waals surface area (Å²) >= 11 is 0. The first-order valence-corrected chi connectivity index (χ1v) is 5.68. The zero-order chi connectivity index (χ0) is 10.3. The van der Waals surface area contributed by atoms with E-state index in [0.717, 1.165) is 11.7 Å². The molecule has 1 heteroatoms. The van der Waals surface area contributed by atoms with Crippen molar-refractivity contribution in [2.24, 2.45) is 11.3 Å². The number of rotatable bonds is 1. The van der Waals surface area contributed by atoms with Gasteiger partial charge in [-0.1, -0.05) is 65.5 Å². The fraction of sp³-hybridized carbons (Fsp3) is 1.00. The molecule has 0 amide bonds. The van der Waals surface area contributed by atoms with Crippen molar-refractivity contribution in [2.75, 3.05) is 0 Å². The van der Waals surface area contributed by atoms with Crippen LogP contribution in [0.2, 0.25) is 11.1 Å². The van der Waals surface area contributed by atoms with Crippen LogP contribution in [-0.4, -0.2) is 7.28 Å². The summed E-state index contributed by atoms with van der Waals surface area (Å²) in [5, 5.41) is 0.535. The molecule has 1 fully saturated rings. The van der Waals surface area contributed by atoms with Crippen LogP contribution in [0.4, 0.5) is 0 Å². The van der Waals surface area contributed by atoms with Crippen molar-refractivity contribution in [1.29, 1.82) is 0 Å². The van der Waals surface area contributed by atoms with E-state index in [1.807, 2.05) is 0 Å². The molecule has 0 heterocycles. The van der Waals surface area contributed by atoms with Crippen LogP contribution in [0, 0.1) is 11.3 Å². The molecule has 0 spiro atoms. The molecule has 1 rings (SSSR count). The van der Waals surface area contributed by atoms with Crippen molar-refractivity contribution in [3.63, 3.8) is 0 Å². The Morgan fingerprint density at radius 3 is 1.69 bits per heavy atom. The molecule has 76 valence electrons. The molecule has 0 aromatic rings. The van der Waals surface area contributed by atoms with Gasteiger partial charge in [0.1, 0.15) is 7.28 Å². The Morgan fingerprint density at radius 2 is 1.38 bits per heavy atom. The third-order valence-electron chi connectivity index (χ3n) is 3.36. The van der Waals surface area contributed by atoms with Gasteiger partial charge < -0.3 is 0 Å². The zero-order valence-corrected chi connectivity index (χ0v) is 10.3. The SMILES string of the molecule is CC(C)(C)BC1CC(C(C)(C)C)C1. The van der Waals surface area contributed by atoms with Crippen molar-refractivity contribution in [2.45, 2.75) is 65.5 Å². The summed E-state index contributed by atoms with van der Waals surface area (Å²) in [4.78, 5) is 0. The predicted octanol–water partition coefficient (Wildman–Crippen LogP) is 3.89. The Balaban J connectivity index is 2.27. The molecule has 0 bridgehead atoms. The van der Waals surface area contributed by atoms with Gasteiger partial charge in [-0.05, 0) is 11.3 Å². The maximum absolute atomic E-state index is 2.38. The molecule has 0 saturated heterocycles. The highest BCUT2D eigenvalue weighted by Crippen LogP contribution is 2.50. The van der Waals surface area contributed by atoms with E-state index in [-0.39, 0.29) is 0 Å². The minimum atomic E-state index is 0.535. The van der Waals surface area contributed by atoms with Gasteiger partial charge in [-0.3, -0.25) is 0 Å². The quantitative estimate of drug-likeness (QED) is 0.537. The Morgan fingerprint density at radius 1 is 0.923 bits per heavy atom. The molecule has 0 aliphatic heterocycles. The molecule has 1 aliphatic rings. The van der Waals surface area contributed by atoms with Crippen molar-refractivity contribution < 1.29 is 0 Å². The van der Waals surface area contributed by atoms with Crippen molar-refractivity contribution in [3.8, 4) is 0 Å². The predicted molar refractivity (Wildman–Crippen MR) is 62.8 cm³/mol. The molecule has 0 unspecified atom stereocenters. The molecule has 13 heavy (non-hydrogen) atoms. The van der Waals surface area contributed by atoms with Gasteiger partial charge in [0.2, 0.25) is 0 Å². The van der Waals surface area contributed by atoms with Gasteiger partial charge in [-0.15, -0.1) is 0 Å². The second-order valence-corrected chi connectivity index (χ2v) is 7.17. The van der Waals surface area contributed by atoms with Gasteiger partial charge in [0, 0.05) is 0 Å². The number of hydrogen-bond donors (Lipinski definition) is 0. The highest BCUT2D eigenvalue weighted by molar-refractivity contribution is 6.41. The molecular formula is C12H25B. The normalized spacial score (nSPS) is 29.7. The minimum absolute atomic E-state index is 0.535. The second kappa shape index (κ2) is 3.33. The summed E-state index contributed by atoms with van der Waals surface area (Å²) in [6, 6.07) is 0. The number of hydrogen-bond acceptors (Lipinski definition) is 0. The van der Waals surface area contributed by atoms with Crippen molar-refractivity contribution in [3.05, 3.63) is 0 Å². The first-order valence-electron chi connectivity index (χ1n) is 5.68. The smallest absolute Gasteiger partial charge is 0.0671 e. The molecule has 1 aliphatic carbocycles. The Labute approximate surface area is 84.7 Å². The molecule has 0 radical (unpaired) electrons. The first-order chi connectivity index (χ1) is 5.68. The van der Waals surface area contributed by atoms with E-state index in [9.17, 15) is 0 Å². The van der Waals surface area contributed by atoms with E-state index < -0.39 is 0 Å². The average molecular weight is 180 g/mol. The van der Waals surface area contributed by atoms with Crippen LogP contribution >= 0.6 is 0 Å². The zero-order valence-electron chi connectivity index (χ0n) is 10.3. The molecule has 1 saturated carbocycles. The first kappa shape index (κ1) is 11.1. The molecule has 0 atom stereocenters. The molecule has 0 N–H and O–H groups in total. The summed E-state index contributed by atoms with van der Waals surface area (Å²) in [7, 11) is 1.42. The molecule has 0 nitrogen and oxygen atoms in total. The third-order valence-corrected chi connectivity index (χ3v) is 3.36. The fourth-order valence-electron chi connectivity index (χ4n) is 2.48. The average Bonchev–Trinajstić information content (AvgIpc) is 1.71. The lowest BCUT2D eigenvalue weighted by molar-refractivity contribution is 0.139. The van der Waals surface area contributed by atoms with Crippen LogP contribution in [0.3, 0.4) is 0 Å². The van der Waals surface area contributed by atoms with Crippen LogP contribution < -0.4 is 0 Å². The Kier molecular flexibility index (Phi) is 2.85. The van der Waals surface area contributed by atoms with Crippen LogP contribution in [-0.2, 0) is 0 Å². The molecule has 0 aromatic carbocycles.